The SMILES string of the molecule is NCC(=O)N1CCCC1C(=O)NC(Cc1ccccc1)C(=O)NC(CCC(=O)O)C(=O)O. The van der Waals surface area contributed by atoms with E-state index in [1.165, 1.54) is 4.90 Å². The summed E-state index contributed by atoms with van der Waals surface area (Å²) < 4.78 is 0. The number of nitrogens with zero attached hydrogens (tertiary/aromatic N) is 1. The van der Waals surface area contributed by atoms with Crippen LogP contribution in [0.3, 0.4) is 0 Å². The van der Waals surface area contributed by atoms with Gasteiger partial charge in [0.2, 0.25) is 17.7 Å². The van der Waals surface area contributed by atoms with Crippen LogP contribution in [-0.4, -0.2) is 76.0 Å². The van der Waals surface area contributed by atoms with Crippen molar-refractivity contribution in [1.82, 2.24) is 15.5 Å². The average Bonchev–Trinajstić information content (AvgIpc) is 3.26. The summed E-state index contributed by atoms with van der Waals surface area (Å²) in [5.41, 5.74) is 6.14. The van der Waals surface area contributed by atoms with E-state index in [0.717, 1.165) is 5.56 Å². The Labute approximate surface area is 184 Å². The van der Waals surface area contributed by atoms with Gasteiger partial charge in [-0.3, -0.25) is 19.2 Å². The van der Waals surface area contributed by atoms with E-state index in [1.54, 1.807) is 30.3 Å². The third kappa shape index (κ3) is 7.05. The van der Waals surface area contributed by atoms with Gasteiger partial charge < -0.3 is 31.5 Å². The Morgan fingerprint density at radius 2 is 1.75 bits per heavy atom. The van der Waals surface area contributed by atoms with E-state index in [2.05, 4.69) is 10.6 Å². The number of carboxylic acids is 2. The van der Waals surface area contributed by atoms with Gasteiger partial charge in [-0.25, -0.2) is 4.79 Å². The summed E-state index contributed by atoms with van der Waals surface area (Å²) in [4.78, 5) is 61.4. The van der Waals surface area contributed by atoms with Gasteiger partial charge in [0.1, 0.15) is 18.1 Å². The lowest BCUT2D eigenvalue weighted by molar-refractivity contribution is -0.143. The molecule has 1 aromatic rings. The number of amides is 3. The van der Waals surface area contributed by atoms with Gasteiger partial charge in [-0.1, -0.05) is 30.3 Å². The topological polar surface area (TPSA) is 179 Å². The molecule has 1 aliphatic rings. The van der Waals surface area contributed by atoms with Gasteiger partial charge in [0.05, 0.1) is 6.54 Å². The fourth-order valence-corrected chi connectivity index (χ4v) is 3.58. The van der Waals surface area contributed by atoms with Crippen molar-refractivity contribution in [3.63, 3.8) is 0 Å². The summed E-state index contributed by atoms with van der Waals surface area (Å²) in [5.74, 6) is -4.22. The number of nitrogens with one attached hydrogen (secondary N) is 2. The molecular weight excluding hydrogens is 420 g/mol. The number of nitrogens with two attached hydrogens (primary N) is 1. The molecule has 11 heteroatoms. The van der Waals surface area contributed by atoms with E-state index in [1.807, 2.05) is 0 Å². The minimum atomic E-state index is -1.42. The predicted molar refractivity (Wildman–Crippen MR) is 112 cm³/mol. The van der Waals surface area contributed by atoms with Crippen molar-refractivity contribution in [2.24, 2.45) is 5.73 Å². The summed E-state index contributed by atoms with van der Waals surface area (Å²) >= 11 is 0. The molecule has 11 nitrogen and oxygen atoms in total. The molecule has 3 atom stereocenters. The molecule has 0 spiro atoms. The molecule has 6 N–H and O–H groups in total. The second-order valence-corrected chi connectivity index (χ2v) is 7.53. The van der Waals surface area contributed by atoms with Crippen molar-refractivity contribution >= 4 is 29.7 Å². The van der Waals surface area contributed by atoms with Crippen LogP contribution in [0.5, 0.6) is 0 Å². The Balaban J connectivity index is 2.16. The van der Waals surface area contributed by atoms with Crippen molar-refractivity contribution in [2.75, 3.05) is 13.1 Å². The summed E-state index contributed by atoms with van der Waals surface area (Å²) in [6.45, 7) is 0.154. The van der Waals surface area contributed by atoms with E-state index in [4.69, 9.17) is 10.8 Å². The van der Waals surface area contributed by atoms with E-state index in [-0.39, 0.29) is 25.3 Å². The number of benzene rings is 1. The highest BCUT2D eigenvalue weighted by Crippen LogP contribution is 2.18. The summed E-state index contributed by atoms with van der Waals surface area (Å²) in [6, 6.07) is 5.52. The third-order valence-corrected chi connectivity index (χ3v) is 5.23. The molecular formula is C21H28N4O7. The fourth-order valence-electron chi connectivity index (χ4n) is 3.58. The minimum absolute atomic E-state index is 0.0846. The number of likely N-dealkylation sites (tertiary alicyclic amines) is 1. The molecule has 0 radical (unpaired) electrons. The lowest BCUT2D eigenvalue weighted by Crippen LogP contribution is -2.56. The fraction of sp³-hybridized carbons (Fsp3) is 0.476. The Morgan fingerprint density at radius 3 is 2.34 bits per heavy atom. The number of hydrogen-bond donors (Lipinski definition) is 5. The molecule has 2 rings (SSSR count). The monoisotopic (exact) mass is 448 g/mol. The molecule has 3 amide bonds. The second-order valence-electron chi connectivity index (χ2n) is 7.53. The first-order valence-electron chi connectivity index (χ1n) is 10.3. The molecule has 0 saturated carbocycles. The highest BCUT2D eigenvalue weighted by molar-refractivity contribution is 5.94. The zero-order valence-corrected chi connectivity index (χ0v) is 17.5. The van der Waals surface area contributed by atoms with Gasteiger partial charge >= 0.3 is 11.9 Å². The first-order chi connectivity index (χ1) is 15.2. The summed E-state index contributed by atoms with van der Waals surface area (Å²) in [5, 5.41) is 23.1. The Morgan fingerprint density at radius 1 is 1.06 bits per heavy atom. The molecule has 1 aliphatic heterocycles. The molecule has 1 fully saturated rings. The van der Waals surface area contributed by atoms with Gasteiger partial charge in [-0.05, 0) is 24.8 Å². The van der Waals surface area contributed by atoms with E-state index in [0.29, 0.717) is 19.4 Å². The zero-order valence-electron chi connectivity index (χ0n) is 17.5. The van der Waals surface area contributed by atoms with Gasteiger partial charge in [0.25, 0.3) is 0 Å². The highest BCUT2D eigenvalue weighted by atomic mass is 16.4. The van der Waals surface area contributed by atoms with Crippen LogP contribution in [-0.2, 0) is 30.4 Å². The summed E-state index contributed by atoms with van der Waals surface area (Å²) in [7, 11) is 0. The molecule has 0 bridgehead atoms. The van der Waals surface area contributed by atoms with Crippen LogP contribution in [0.1, 0.15) is 31.2 Å². The molecule has 174 valence electrons. The van der Waals surface area contributed by atoms with Crippen molar-refractivity contribution in [1.29, 1.82) is 0 Å². The van der Waals surface area contributed by atoms with Gasteiger partial charge in [-0.2, -0.15) is 0 Å². The third-order valence-electron chi connectivity index (χ3n) is 5.23. The van der Waals surface area contributed by atoms with Crippen LogP contribution in [0.2, 0.25) is 0 Å². The second kappa shape index (κ2) is 11.8. The van der Waals surface area contributed by atoms with Crippen LogP contribution in [0.4, 0.5) is 0 Å². The molecule has 32 heavy (non-hydrogen) atoms. The Bertz CT molecular complexity index is 846. The molecule has 1 saturated heterocycles. The van der Waals surface area contributed by atoms with Crippen LogP contribution in [0, 0.1) is 0 Å². The van der Waals surface area contributed by atoms with Gasteiger partial charge in [0.15, 0.2) is 0 Å². The van der Waals surface area contributed by atoms with Crippen LogP contribution in [0.15, 0.2) is 30.3 Å². The maximum atomic E-state index is 12.9. The number of carbonyl (C=O) groups excluding carboxylic acids is 3. The van der Waals surface area contributed by atoms with E-state index >= 15 is 0 Å². The lowest BCUT2D eigenvalue weighted by atomic mass is 10.0. The number of hydrogen-bond acceptors (Lipinski definition) is 6. The van der Waals surface area contributed by atoms with Crippen LogP contribution >= 0.6 is 0 Å². The van der Waals surface area contributed by atoms with Crippen LogP contribution in [0.25, 0.3) is 0 Å². The maximum Gasteiger partial charge on any atom is 0.326 e. The Hall–Kier alpha value is -3.47. The van der Waals surface area contributed by atoms with Crippen molar-refractivity contribution in [3.8, 4) is 0 Å². The molecule has 1 heterocycles. The van der Waals surface area contributed by atoms with Crippen LogP contribution < -0.4 is 16.4 Å². The molecule has 0 aromatic heterocycles. The number of rotatable bonds is 11. The van der Waals surface area contributed by atoms with Crippen molar-refractivity contribution in [3.05, 3.63) is 35.9 Å². The van der Waals surface area contributed by atoms with Gasteiger partial charge in [0, 0.05) is 19.4 Å². The number of aliphatic carboxylic acids is 2. The number of carboxylic acid groups (broad SMARTS) is 2. The standard InChI is InChI=1S/C21H28N4O7/c22-12-17(26)25-10-4-7-16(25)20(30)24-15(11-13-5-2-1-3-6-13)19(29)23-14(21(31)32)8-9-18(27)28/h1-3,5-6,14-16H,4,7-12,22H2,(H,23,29)(H,24,30)(H,27,28)(H,31,32). The van der Waals surface area contributed by atoms with E-state index in [9.17, 15) is 29.1 Å². The first-order valence-corrected chi connectivity index (χ1v) is 10.3. The smallest absolute Gasteiger partial charge is 0.326 e. The normalized spacial score (nSPS) is 17.3. The van der Waals surface area contributed by atoms with Crippen molar-refractivity contribution in [2.45, 2.75) is 50.2 Å². The average molecular weight is 448 g/mol. The zero-order chi connectivity index (χ0) is 23.7. The minimum Gasteiger partial charge on any atom is -0.481 e. The Kier molecular flexibility index (Phi) is 9.14. The quantitative estimate of drug-likeness (QED) is 0.289. The largest absolute Gasteiger partial charge is 0.481 e. The van der Waals surface area contributed by atoms with Crippen molar-refractivity contribution < 1.29 is 34.2 Å². The maximum absolute atomic E-state index is 12.9. The highest BCUT2D eigenvalue weighted by Gasteiger charge is 2.36. The molecule has 0 aliphatic carbocycles. The van der Waals surface area contributed by atoms with E-state index < -0.39 is 48.3 Å². The lowest BCUT2D eigenvalue weighted by Gasteiger charge is -2.27. The van der Waals surface area contributed by atoms with Gasteiger partial charge in [-0.15, -0.1) is 0 Å². The molecule has 3 unspecified atom stereocenters. The summed E-state index contributed by atoms with van der Waals surface area (Å²) in [6.07, 6.45) is 0.388. The first kappa shape index (κ1) is 24.8. The predicted octanol–water partition coefficient (Wildman–Crippen LogP) is -0.902. The molecule has 1 aromatic carbocycles. The number of carbonyl (C=O) groups is 5.